The second kappa shape index (κ2) is 13.2. The molecule has 2 rings (SSSR count). The van der Waals surface area contributed by atoms with Crippen LogP contribution in [0.15, 0.2) is 73.6 Å². The number of hydrogen-bond acceptors (Lipinski definition) is 4. The lowest BCUT2D eigenvalue weighted by Crippen LogP contribution is -2.40. The molecule has 4 nitrogen and oxygen atoms in total. The number of allylic oxidation sites excluding steroid dienone is 2. The number of benzene rings is 2. The molecule has 1 N–H and O–H groups in total. The molecule has 2 aromatic rings. The fourth-order valence-electron chi connectivity index (χ4n) is 4.74. The van der Waals surface area contributed by atoms with Crippen LogP contribution in [-0.4, -0.2) is 51.2 Å². The number of anilines is 2. The van der Waals surface area contributed by atoms with Crippen molar-refractivity contribution in [3.63, 3.8) is 0 Å². The molecule has 0 aliphatic heterocycles. The second-order valence-electron chi connectivity index (χ2n) is 9.35. The molecule has 2 atom stereocenters. The van der Waals surface area contributed by atoms with E-state index in [-0.39, 0.29) is 6.04 Å². The Morgan fingerprint density at radius 1 is 1.00 bits per heavy atom. The van der Waals surface area contributed by atoms with Crippen LogP contribution in [0.5, 0.6) is 0 Å². The summed E-state index contributed by atoms with van der Waals surface area (Å²) in [6.07, 6.45) is 6.24. The summed E-state index contributed by atoms with van der Waals surface area (Å²) in [7, 11) is 6.38. The largest absolute Gasteiger partial charge is 0.392 e. The standard InChI is InChI=1S/C30H46N4/c1-10-15-26(32(8)12-3)22-33(9)29-18-13-17-28-27(29)16-14-19-30(28)34(23(4)5)25(11-2)21-20-24(6)31-7/h11,13-14,16-19,25-26,31H,2,4,6,10,12,15,20-22H2,1,3,5,7-9H3. The lowest BCUT2D eigenvalue weighted by molar-refractivity contribution is 0.244. The van der Waals surface area contributed by atoms with Gasteiger partial charge in [0.1, 0.15) is 0 Å². The molecule has 0 aliphatic carbocycles. The van der Waals surface area contributed by atoms with Crippen LogP contribution in [0.1, 0.15) is 46.5 Å². The Hall–Kier alpha value is -2.72. The smallest absolute Gasteiger partial charge is 0.0520 e. The molecule has 2 unspecified atom stereocenters. The highest BCUT2D eigenvalue weighted by molar-refractivity contribution is 6.02. The second-order valence-corrected chi connectivity index (χ2v) is 9.35. The molecule has 0 aliphatic rings. The number of nitrogens with zero attached hydrogens (tertiary/aromatic N) is 3. The zero-order valence-electron chi connectivity index (χ0n) is 22.4. The van der Waals surface area contributed by atoms with Gasteiger partial charge in [-0.2, -0.15) is 0 Å². The fraction of sp³-hybridized carbons (Fsp3) is 0.467. The van der Waals surface area contributed by atoms with E-state index in [2.05, 4.69) is 111 Å². The topological polar surface area (TPSA) is 21.8 Å². The van der Waals surface area contributed by atoms with Crippen molar-refractivity contribution in [3.05, 3.63) is 73.6 Å². The molecule has 0 spiro atoms. The van der Waals surface area contributed by atoms with Gasteiger partial charge in [0.2, 0.25) is 0 Å². The molecule has 0 radical (unpaired) electrons. The van der Waals surface area contributed by atoms with Crippen molar-refractivity contribution in [1.29, 1.82) is 0 Å². The van der Waals surface area contributed by atoms with Gasteiger partial charge >= 0.3 is 0 Å². The van der Waals surface area contributed by atoms with Crippen LogP contribution in [0.25, 0.3) is 10.8 Å². The lowest BCUT2D eigenvalue weighted by atomic mass is 10.0. The zero-order valence-corrected chi connectivity index (χ0v) is 22.4. The van der Waals surface area contributed by atoms with Gasteiger partial charge in [0.25, 0.3) is 0 Å². The van der Waals surface area contributed by atoms with E-state index in [1.54, 1.807) is 0 Å². The number of hydrogen-bond donors (Lipinski definition) is 1. The minimum Gasteiger partial charge on any atom is -0.392 e. The van der Waals surface area contributed by atoms with E-state index in [9.17, 15) is 0 Å². The van der Waals surface area contributed by atoms with Gasteiger partial charge in [0.05, 0.1) is 6.04 Å². The summed E-state index contributed by atoms with van der Waals surface area (Å²) in [5.74, 6) is 0. The van der Waals surface area contributed by atoms with E-state index in [0.29, 0.717) is 6.04 Å². The fourth-order valence-corrected chi connectivity index (χ4v) is 4.74. The molecule has 0 heterocycles. The Balaban J connectivity index is 2.47. The Morgan fingerprint density at radius 2 is 1.62 bits per heavy atom. The van der Waals surface area contributed by atoms with Crippen LogP contribution >= 0.6 is 0 Å². The zero-order chi connectivity index (χ0) is 25.3. The van der Waals surface area contributed by atoms with Crippen LogP contribution in [0.2, 0.25) is 0 Å². The van der Waals surface area contributed by atoms with Crippen molar-refractivity contribution in [2.75, 3.05) is 44.0 Å². The quantitative estimate of drug-likeness (QED) is 0.294. The van der Waals surface area contributed by atoms with E-state index >= 15 is 0 Å². The third-order valence-electron chi connectivity index (χ3n) is 6.89. The lowest BCUT2D eigenvalue weighted by Gasteiger charge is -2.34. The molecule has 186 valence electrons. The third-order valence-corrected chi connectivity index (χ3v) is 6.89. The van der Waals surface area contributed by atoms with Crippen molar-refractivity contribution in [3.8, 4) is 0 Å². The SMILES string of the molecule is C=CC(CCC(=C)NC)N(C(=C)C)c1cccc2c(N(C)CC(CCC)N(C)CC)cccc12. The van der Waals surface area contributed by atoms with Gasteiger partial charge in [-0.25, -0.2) is 0 Å². The maximum Gasteiger partial charge on any atom is 0.0520 e. The van der Waals surface area contributed by atoms with Crippen LogP contribution in [0.3, 0.4) is 0 Å². The van der Waals surface area contributed by atoms with E-state index in [4.69, 9.17) is 0 Å². The van der Waals surface area contributed by atoms with Gasteiger partial charge in [0, 0.05) is 60.2 Å². The minimum absolute atomic E-state index is 0.140. The third kappa shape index (κ3) is 6.66. The number of nitrogens with one attached hydrogen (secondary N) is 1. The number of rotatable bonds is 15. The molecule has 0 fully saturated rings. The highest BCUT2D eigenvalue weighted by Crippen LogP contribution is 2.36. The molecule has 0 saturated carbocycles. The molecule has 0 bridgehead atoms. The van der Waals surface area contributed by atoms with Crippen molar-refractivity contribution in [2.24, 2.45) is 0 Å². The Kier molecular flexibility index (Phi) is 10.7. The van der Waals surface area contributed by atoms with E-state index in [0.717, 1.165) is 37.3 Å². The van der Waals surface area contributed by atoms with E-state index in [1.165, 1.54) is 35.0 Å². The summed E-state index contributed by atoms with van der Waals surface area (Å²) in [5, 5.41) is 5.67. The monoisotopic (exact) mass is 462 g/mol. The molecule has 0 aromatic heterocycles. The van der Waals surface area contributed by atoms with E-state index in [1.807, 2.05) is 13.1 Å². The maximum absolute atomic E-state index is 4.33. The highest BCUT2D eigenvalue weighted by atomic mass is 15.2. The van der Waals surface area contributed by atoms with Gasteiger partial charge in [-0.1, -0.05) is 63.8 Å². The molecular formula is C30H46N4. The first kappa shape index (κ1) is 27.5. The minimum atomic E-state index is 0.140. The van der Waals surface area contributed by atoms with Gasteiger partial charge < -0.3 is 20.0 Å². The van der Waals surface area contributed by atoms with Gasteiger partial charge in [-0.3, -0.25) is 0 Å². The van der Waals surface area contributed by atoms with Gasteiger partial charge in [-0.05, 0) is 51.9 Å². The molecule has 4 heteroatoms. The van der Waals surface area contributed by atoms with Crippen LogP contribution in [0, 0.1) is 0 Å². The molecule has 0 amide bonds. The summed E-state index contributed by atoms with van der Waals surface area (Å²) in [6, 6.07) is 13.9. The van der Waals surface area contributed by atoms with Crippen molar-refractivity contribution in [1.82, 2.24) is 10.2 Å². The number of fused-ring (bicyclic) bond motifs is 1. The van der Waals surface area contributed by atoms with Crippen LogP contribution < -0.4 is 15.1 Å². The Bertz CT molecular complexity index is 963. The van der Waals surface area contributed by atoms with Gasteiger partial charge in [-0.15, -0.1) is 6.58 Å². The average Bonchev–Trinajstić information content (AvgIpc) is 2.84. The molecule has 34 heavy (non-hydrogen) atoms. The average molecular weight is 463 g/mol. The Morgan fingerprint density at radius 3 is 2.15 bits per heavy atom. The summed E-state index contributed by atoms with van der Waals surface area (Å²) in [5.41, 5.74) is 4.49. The highest BCUT2D eigenvalue weighted by Gasteiger charge is 2.21. The first-order chi connectivity index (χ1) is 16.3. The summed E-state index contributed by atoms with van der Waals surface area (Å²) in [4.78, 5) is 7.21. The van der Waals surface area contributed by atoms with Crippen molar-refractivity contribution < 1.29 is 0 Å². The predicted molar refractivity (Wildman–Crippen MR) is 153 cm³/mol. The summed E-state index contributed by atoms with van der Waals surface area (Å²) >= 11 is 0. The van der Waals surface area contributed by atoms with Crippen LogP contribution in [0.4, 0.5) is 11.4 Å². The van der Waals surface area contributed by atoms with Crippen molar-refractivity contribution in [2.45, 2.75) is 58.5 Å². The normalized spacial score (nSPS) is 12.9. The molecule has 0 saturated heterocycles. The maximum atomic E-state index is 4.33. The van der Waals surface area contributed by atoms with Gasteiger partial charge in [0.15, 0.2) is 0 Å². The van der Waals surface area contributed by atoms with Crippen LogP contribution in [-0.2, 0) is 0 Å². The molecule has 2 aromatic carbocycles. The van der Waals surface area contributed by atoms with E-state index < -0.39 is 0 Å². The summed E-state index contributed by atoms with van der Waals surface area (Å²) < 4.78 is 0. The first-order valence-corrected chi connectivity index (χ1v) is 12.6. The number of likely N-dealkylation sites (N-methyl/N-ethyl adjacent to an activating group) is 2. The Labute approximate surface area is 208 Å². The predicted octanol–water partition coefficient (Wildman–Crippen LogP) is 6.80. The molecular weight excluding hydrogens is 416 g/mol. The summed E-state index contributed by atoms with van der Waals surface area (Å²) in [6.45, 7) is 21.2. The van der Waals surface area contributed by atoms with Crippen molar-refractivity contribution >= 4 is 22.1 Å². The first-order valence-electron chi connectivity index (χ1n) is 12.6.